The smallest absolute Gasteiger partial charge is 0.264 e. The summed E-state index contributed by atoms with van der Waals surface area (Å²) in [6.45, 7) is 7.38. The minimum Gasteiger partial charge on any atom is -0.352 e. The zero-order chi connectivity index (χ0) is 34.3. The largest absolute Gasteiger partial charge is 0.352 e. The van der Waals surface area contributed by atoms with Crippen LogP contribution < -0.4 is 9.62 Å². The number of hydrogen-bond donors (Lipinski definition) is 1. The molecule has 0 aliphatic heterocycles. The van der Waals surface area contributed by atoms with Crippen LogP contribution in [0.5, 0.6) is 0 Å². The number of benzene rings is 4. The molecule has 0 bridgehead atoms. The lowest BCUT2D eigenvalue weighted by Gasteiger charge is -2.35. The van der Waals surface area contributed by atoms with Gasteiger partial charge in [-0.1, -0.05) is 109 Å². The molecule has 2 amide bonds. The maximum atomic E-state index is 14.8. The number of nitrogens with one attached hydrogen (secondary N) is 1. The summed E-state index contributed by atoms with van der Waals surface area (Å²) in [5.74, 6) is -0.669. The van der Waals surface area contributed by atoms with Crippen molar-refractivity contribution in [2.45, 2.75) is 89.7 Å². The van der Waals surface area contributed by atoms with E-state index in [0.717, 1.165) is 65.5 Å². The normalized spacial score (nSPS) is 14.2. The van der Waals surface area contributed by atoms with Crippen LogP contribution in [-0.2, 0) is 32.6 Å². The molecule has 0 saturated heterocycles. The molecule has 1 N–H and O–H groups in total. The molecule has 1 aliphatic carbocycles. The van der Waals surface area contributed by atoms with Crippen LogP contribution >= 0.6 is 0 Å². The van der Waals surface area contributed by atoms with E-state index in [0.29, 0.717) is 12.1 Å². The molecule has 0 aromatic heterocycles. The SMILES string of the molecule is Cc1ccc(CN(C(=O)CN(c2cccc(C)c2C)S(=O)(=O)c2ccc(C)cc2)C(Cc2ccccc2)C(=O)NC2CCCCC2)cc1. The predicted octanol–water partition coefficient (Wildman–Crippen LogP) is 7.20. The third kappa shape index (κ3) is 8.53. The van der Waals surface area contributed by atoms with Gasteiger partial charge in [-0.15, -0.1) is 0 Å². The summed E-state index contributed by atoms with van der Waals surface area (Å²) < 4.78 is 30.0. The van der Waals surface area contributed by atoms with Crippen molar-refractivity contribution in [3.63, 3.8) is 0 Å². The van der Waals surface area contributed by atoms with Gasteiger partial charge in [0.25, 0.3) is 10.0 Å². The van der Waals surface area contributed by atoms with Crippen molar-refractivity contribution >= 4 is 27.5 Å². The molecule has 1 atom stereocenters. The molecule has 5 rings (SSSR count). The van der Waals surface area contributed by atoms with Crippen LogP contribution in [0.3, 0.4) is 0 Å². The number of anilines is 1. The van der Waals surface area contributed by atoms with E-state index >= 15 is 0 Å². The van der Waals surface area contributed by atoms with Crippen molar-refractivity contribution in [3.05, 3.63) is 130 Å². The molecule has 252 valence electrons. The van der Waals surface area contributed by atoms with Gasteiger partial charge in [0.05, 0.1) is 10.6 Å². The third-order valence-electron chi connectivity index (χ3n) is 9.43. The quantitative estimate of drug-likeness (QED) is 0.173. The molecule has 0 heterocycles. The van der Waals surface area contributed by atoms with Crippen molar-refractivity contribution in [2.75, 3.05) is 10.8 Å². The fourth-order valence-electron chi connectivity index (χ4n) is 6.35. The molecular weight excluding hydrogens is 619 g/mol. The van der Waals surface area contributed by atoms with Crippen LogP contribution in [0.2, 0.25) is 0 Å². The molecule has 1 saturated carbocycles. The maximum Gasteiger partial charge on any atom is 0.264 e. The summed E-state index contributed by atoms with van der Waals surface area (Å²) in [5.41, 5.74) is 5.90. The van der Waals surface area contributed by atoms with Gasteiger partial charge in [-0.2, -0.15) is 0 Å². The Morgan fingerprint density at radius 3 is 2.02 bits per heavy atom. The number of rotatable bonds is 12. The summed E-state index contributed by atoms with van der Waals surface area (Å²) in [5, 5.41) is 3.27. The average Bonchev–Trinajstić information content (AvgIpc) is 3.08. The molecular formula is C40H47N3O4S. The second-order valence-corrected chi connectivity index (χ2v) is 15.0. The number of sulfonamides is 1. The minimum atomic E-state index is -4.16. The van der Waals surface area contributed by atoms with Crippen molar-refractivity contribution in [2.24, 2.45) is 0 Å². The van der Waals surface area contributed by atoms with Gasteiger partial charge in [0.15, 0.2) is 0 Å². The highest BCUT2D eigenvalue weighted by molar-refractivity contribution is 7.92. The van der Waals surface area contributed by atoms with Gasteiger partial charge in [0, 0.05) is 19.0 Å². The van der Waals surface area contributed by atoms with Crippen molar-refractivity contribution in [1.82, 2.24) is 10.2 Å². The van der Waals surface area contributed by atoms with Crippen molar-refractivity contribution in [1.29, 1.82) is 0 Å². The van der Waals surface area contributed by atoms with E-state index < -0.39 is 28.5 Å². The Bertz CT molecular complexity index is 1800. The fraction of sp³-hybridized carbons (Fsp3) is 0.350. The molecule has 7 nitrogen and oxygen atoms in total. The molecule has 4 aromatic rings. The Hall–Kier alpha value is -4.43. The van der Waals surface area contributed by atoms with Crippen LogP contribution in [0.1, 0.15) is 65.5 Å². The first-order valence-corrected chi connectivity index (χ1v) is 18.3. The molecule has 4 aromatic carbocycles. The monoisotopic (exact) mass is 665 g/mol. The summed E-state index contributed by atoms with van der Waals surface area (Å²) in [6.07, 6.45) is 5.38. The highest BCUT2D eigenvalue weighted by Crippen LogP contribution is 2.30. The lowest BCUT2D eigenvalue weighted by atomic mass is 9.94. The van der Waals surface area contributed by atoms with E-state index in [1.54, 1.807) is 41.3 Å². The van der Waals surface area contributed by atoms with Gasteiger partial charge < -0.3 is 10.2 Å². The van der Waals surface area contributed by atoms with Gasteiger partial charge in [0.2, 0.25) is 11.8 Å². The molecule has 1 unspecified atom stereocenters. The van der Waals surface area contributed by atoms with Gasteiger partial charge in [0.1, 0.15) is 12.6 Å². The number of carbonyl (C=O) groups is 2. The number of nitrogens with zero attached hydrogens (tertiary/aromatic N) is 2. The predicted molar refractivity (Wildman–Crippen MR) is 192 cm³/mol. The number of hydrogen-bond acceptors (Lipinski definition) is 4. The van der Waals surface area contributed by atoms with E-state index in [2.05, 4.69) is 5.32 Å². The molecule has 1 fully saturated rings. The Kier molecular flexibility index (Phi) is 11.4. The third-order valence-corrected chi connectivity index (χ3v) is 11.2. The summed E-state index contributed by atoms with van der Waals surface area (Å²) in [4.78, 5) is 30.8. The van der Waals surface area contributed by atoms with Crippen LogP contribution in [0.15, 0.2) is 102 Å². The van der Waals surface area contributed by atoms with E-state index in [4.69, 9.17) is 0 Å². The van der Waals surface area contributed by atoms with Crippen LogP contribution in [0.25, 0.3) is 0 Å². The highest BCUT2D eigenvalue weighted by Gasteiger charge is 2.36. The molecule has 48 heavy (non-hydrogen) atoms. The van der Waals surface area contributed by atoms with Crippen molar-refractivity contribution < 1.29 is 18.0 Å². The Balaban J connectivity index is 1.58. The van der Waals surface area contributed by atoms with E-state index in [9.17, 15) is 18.0 Å². The Morgan fingerprint density at radius 2 is 1.38 bits per heavy atom. The van der Waals surface area contributed by atoms with Gasteiger partial charge in [-0.25, -0.2) is 8.42 Å². The molecule has 0 spiro atoms. The first kappa shape index (κ1) is 34.9. The standard InChI is InChI=1S/C40H47N3O4S/c1-29-18-22-34(23-19-29)27-42(38(26-33-13-7-5-8-14-33)40(45)41-35-15-9-6-10-16-35)39(44)28-43(37-17-11-12-31(3)32(37)4)48(46,47)36-24-20-30(2)21-25-36/h5,7-8,11-14,17-25,35,38H,6,9-10,15-16,26-28H2,1-4H3,(H,41,45). The van der Waals surface area contributed by atoms with Crippen molar-refractivity contribution in [3.8, 4) is 0 Å². The zero-order valence-corrected chi connectivity index (χ0v) is 29.3. The van der Waals surface area contributed by atoms with Gasteiger partial charge in [-0.05, 0) is 81.0 Å². The second kappa shape index (κ2) is 15.6. The summed E-state index contributed by atoms with van der Waals surface area (Å²) in [7, 11) is -4.16. The topological polar surface area (TPSA) is 86.8 Å². The van der Waals surface area contributed by atoms with Crippen LogP contribution in [-0.4, -0.2) is 43.8 Å². The van der Waals surface area contributed by atoms with Crippen LogP contribution in [0.4, 0.5) is 5.69 Å². The fourth-order valence-corrected chi connectivity index (χ4v) is 7.82. The van der Waals surface area contributed by atoms with E-state index in [-0.39, 0.29) is 23.4 Å². The second-order valence-electron chi connectivity index (χ2n) is 13.1. The molecule has 8 heteroatoms. The Morgan fingerprint density at radius 1 is 0.750 bits per heavy atom. The van der Waals surface area contributed by atoms with Crippen LogP contribution in [0, 0.1) is 27.7 Å². The number of carbonyl (C=O) groups excluding carboxylic acids is 2. The maximum absolute atomic E-state index is 14.8. The first-order chi connectivity index (χ1) is 23.0. The highest BCUT2D eigenvalue weighted by atomic mass is 32.2. The summed E-state index contributed by atoms with van der Waals surface area (Å²) in [6, 6.07) is 28.9. The molecule has 1 aliphatic rings. The average molecular weight is 666 g/mol. The lowest BCUT2D eigenvalue weighted by Crippen LogP contribution is -2.55. The Labute approximate surface area is 286 Å². The van der Waals surface area contributed by atoms with E-state index in [1.807, 2.05) is 88.4 Å². The summed E-state index contributed by atoms with van der Waals surface area (Å²) >= 11 is 0. The number of amides is 2. The first-order valence-electron chi connectivity index (χ1n) is 16.9. The van der Waals surface area contributed by atoms with Gasteiger partial charge >= 0.3 is 0 Å². The molecule has 0 radical (unpaired) electrons. The number of aryl methyl sites for hydroxylation is 3. The van der Waals surface area contributed by atoms with Gasteiger partial charge in [-0.3, -0.25) is 13.9 Å². The van der Waals surface area contributed by atoms with E-state index in [1.165, 1.54) is 4.31 Å². The minimum absolute atomic E-state index is 0.0502. The zero-order valence-electron chi connectivity index (χ0n) is 28.5. The lowest BCUT2D eigenvalue weighted by molar-refractivity contribution is -0.140.